The summed E-state index contributed by atoms with van der Waals surface area (Å²) in [5, 5.41) is 3.11. The molecule has 0 unspecified atom stereocenters. The van der Waals surface area contributed by atoms with Gasteiger partial charge < -0.3 is 14.8 Å². The van der Waals surface area contributed by atoms with Crippen LogP contribution in [0.2, 0.25) is 15.1 Å². The summed E-state index contributed by atoms with van der Waals surface area (Å²) < 4.78 is 10.3. The molecule has 0 saturated heterocycles. The van der Waals surface area contributed by atoms with Crippen LogP contribution in [0.4, 0.5) is 5.69 Å². The summed E-state index contributed by atoms with van der Waals surface area (Å²) in [7, 11) is 2.86. The molecular weight excluding hydrogens is 431 g/mol. The third kappa shape index (κ3) is 3.61. The molecule has 10 heteroatoms. The van der Waals surface area contributed by atoms with Crippen LogP contribution in [0.5, 0.6) is 11.5 Å². The first kappa shape index (κ1) is 20.3. The fraction of sp³-hybridized carbons (Fsp3) is 0.167. The molecule has 0 spiro atoms. The maximum absolute atomic E-state index is 12.5. The van der Waals surface area contributed by atoms with Gasteiger partial charge in [0.1, 0.15) is 18.0 Å². The Balaban J connectivity index is 1.80. The monoisotopic (exact) mass is 442 g/mol. The highest BCUT2D eigenvalue weighted by Gasteiger charge is 2.37. The number of hydrogen-bond acceptors (Lipinski definition) is 5. The lowest BCUT2D eigenvalue weighted by molar-refractivity contribution is -0.116. The number of fused-ring (bicyclic) bond motifs is 1. The van der Waals surface area contributed by atoms with Crippen molar-refractivity contribution in [1.82, 2.24) is 4.90 Å². The molecule has 28 heavy (non-hydrogen) atoms. The van der Waals surface area contributed by atoms with Crippen molar-refractivity contribution < 1.29 is 23.9 Å². The predicted molar refractivity (Wildman–Crippen MR) is 105 cm³/mol. The third-order valence-electron chi connectivity index (χ3n) is 4.06. The number of rotatable bonds is 5. The van der Waals surface area contributed by atoms with E-state index in [0.717, 1.165) is 4.90 Å². The number of carbonyl (C=O) groups excluding carboxylic acids is 3. The number of imide groups is 1. The maximum Gasteiger partial charge on any atom is 0.262 e. The summed E-state index contributed by atoms with van der Waals surface area (Å²) in [5.41, 5.74) is 0.454. The van der Waals surface area contributed by atoms with Gasteiger partial charge >= 0.3 is 0 Å². The molecule has 3 amide bonds. The standard InChI is InChI=1S/C18H13Cl3N2O5/c1-27-14-6-15(28-2)13(5-12(14)21)22-16(24)7-23-17(25)8-3-10(19)11(20)4-9(8)18(23)26/h3-6H,7H2,1-2H3,(H,22,24). The van der Waals surface area contributed by atoms with E-state index in [4.69, 9.17) is 44.3 Å². The maximum atomic E-state index is 12.5. The van der Waals surface area contributed by atoms with E-state index >= 15 is 0 Å². The van der Waals surface area contributed by atoms with Crippen LogP contribution in [0.15, 0.2) is 24.3 Å². The molecule has 3 rings (SSSR count). The van der Waals surface area contributed by atoms with Crippen molar-refractivity contribution in [3.05, 3.63) is 50.5 Å². The molecule has 2 aromatic carbocycles. The van der Waals surface area contributed by atoms with Crippen molar-refractivity contribution in [3.8, 4) is 11.5 Å². The molecule has 146 valence electrons. The number of carbonyl (C=O) groups is 3. The number of ether oxygens (including phenoxy) is 2. The molecule has 0 aromatic heterocycles. The molecule has 1 N–H and O–H groups in total. The lowest BCUT2D eigenvalue weighted by Crippen LogP contribution is -2.37. The van der Waals surface area contributed by atoms with Gasteiger partial charge in [-0.1, -0.05) is 34.8 Å². The highest BCUT2D eigenvalue weighted by atomic mass is 35.5. The van der Waals surface area contributed by atoms with Crippen molar-refractivity contribution in [2.75, 3.05) is 26.1 Å². The van der Waals surface area contributed by atoms with Crippen LogP contribution in [0, 0.1) is 0 Å². The first-order chi connectivity index (χ1) is 13.3. The smallest absolute Gasteiger partial charge is 0.262 e. The van der Waals surface area contributed by atoms with Gasteiger partial charge in [0.2, 0.25) is 5.91 Å². The van der Waals surface area contributed by atoms with Crippen LogP contribution < -0.4 is 14.8 Å². The normalized spacial score (nSPS) is 12.8. The van der Waals surface area contributed by atoms with Crippen LogP contribution in [0.3, 0.4) is 0 Å². The zero-order chi connectivity index (χ0) is 20.6. The Hall–Kier alpha value is -2.48. The van der Waals surface area contributed by atoms with E-state index in [2.05, 4.69) is 5.32 Å². The Labute approximate surface area is 175 Å². The Morgan fingerprint density at radius 2 is 1.43 bits per heavy atom. The molecule has 0 radical (unpaired) electrons. The molecule has 0 bridgehead atoms. The zero-order valence-corrected chi connectivity index (χ0v) is 16.9. The average Bonchev–Trinajstić information content (AvgIpc) is 2.87. The number of anilines is 1. The fourth-order valence-corrected chi connectivity index (χ4v) is 3.29. The van der Waals surface area contributed by atoms with Crippen LogP contribution >= 0.6 is 34.8 Å². The van der Waals surface area contributed by atoms with Crippen molar-refractivity contribution >= 4 is 58.2 Å². The average molecular weight is 444 g/mol. The second-order valence-corrected chi connectivity index (χ2v) is 6.97. The number of benzene rings is 2. The van der Waals surface area contributed by atoms with Crippen molar-refractivity contribution in [1.29, 1.82) is 0 Å². The van der Waals surface area contributed by atoms with Crippen molar-refractivity contribution in [3.63, 3.8) is 0 Å². The summed E-state index contributed by atoms with van der Waals surface area (Å²) in [4.78, 5) is 38.2. The highest BCUT2D eigenvalue weighted by Crippen LogP contribution is 2.36. The van der Waals surface area contributed by atoms with Gasteiger partial charge in [0.05, 0.1) is 46.1 Å². The molecule has 0 atom stereocenters. The molecular formula is C18H13Cl3N2O5. The van der Waals surface area contributed by atoms with E-state index in [1.807, 2.05) is 0 Å². The Bertz CT molecular complexity index is 968. The lowest BCUT2D eigenvalue weighted by Gasteiger charge is -2.16. The van der Waals surface area contributed by atoms with Crippen LogP contribution in [0.1, 0.15) is 20.7 Å². The fourth-order valence-electron chi connectivity index (χ4n) is 2.72. The minimum Gasteiger partial charge on any atom is -0.495 e. The van der Waals surface area contributed by atoms with Crippen LogP contribution in [-0.4, -0.2) is 43.4 Å². The quantitative estimate of drug-likeness (QED) is 0.709. The van der Waals surface area contributed by atoms with E-state index in [9.17, 15) is 14.4 Å². The number of hydrogen-bond donors (Lipinski definition) is 1. The van der Waals surface area contributed by atoms with E-state index in [1.54, 1.807) is 0 Å². The summed E-state index contributed by atoms with van der Waals surface area (Å²) >= 11 is 17.9. The minimum atomic E-state index is -0.631. The summed E-state index contributed by atoms with van der Waals surface area (Å²) in [6, 6.07) is 5.57. The number of halogens is 3. The van der Waals surface area contributed by atoms with E-state index in [-0.39, 0.29) is 31.9 Å². The Morgan fingerprint density at radius 3 is 1.93 bits per heavy atom. The Kier molecular flexibility index (Phi) is 5.69. The van der Waals surface area contributed by atoms with E-state index in [0.29, 0.717) is 11.5 Å². The van der Waals surface area contributed by atoms with Gasteiger partial charge in [-0.3, -0.25) is 19.3 Å². The zero-order valence-electron chi connectivity index (χ0n) is 14.6. The summed E-state index contributed by atoms with van der Waals surface area (Å²) in [6.45, 7) is -0.506. The molecule has 0 saturated carbocycles. The number of methoxy groups -OCH3 is 2. The van der Waals surface area contributed by atoms with E-state index in [1.165, 1.54) is 38.5 Å². The first-order valence-electron chi connectivity index (χ1n) is 7.83. The van der Waals surface area contributed by atoms with E-state index < -0.39 is 24.3 Å². The predicted octanol–water partition coefficient (Wildman–Crippen LogP) is 3.90. The summed E-state index contributed by atoms with van der Waals surface area (Å²) in [5.74, 6) is -1.21. The number of nitrogens with zero attached hydrogens (tertiary/aromatic N) is 1. The van der Waals surface area contributed by atoms with Gasteiger partial charge in [0.25, 0.3) is 11.8 Å². The van der Waals surface area contributed by atoms with Crippen molar-refractivity contribution in [2.24, 2.45) is 0 Å². The van der Waals surface area contributed by atoms with Crippen molar-refractivity contribution in [2.45, 2.75) is 0 Å². The third-order valence-corrected chi connectivity index (χ3v) is 5.08. The van der Waals surface area contributed by atoms with Gasteiger partial charge in [-0.15, -0.1) is 0 Å². The molecule has 2 aromatic rings. The largest absolute Gasteiger partial charge is 0.495 e. The molecule has 1 aliphatic heterocycles. The second kappa shape index (κ2) is 7.87. The van der Waals surface area contributed by atoms with Crippen LogP contribution in [-0.2, 0) is 4.79 Å². The second-order valence-electron chi connectivity index (χ2n) is 5.74. The van der Waals surface area contributed by atoms with Gasteiger partial charge in [0.15, 0.2) is 0 Å². The molecule has 0 aliphatic carbocycles. The lowest BCUT2D eigenvalue weighted by atomic mass is 10.1. The van der Waals surface area contributed by atoms with Crippen LogP contribution in [0.25, 0.3) is 0 Å². The molecule has 7 nitrogen and oxygen atoms in total. The first-order valence-corrected chi connectivity index (χ1v) is 8.96. The molecule has 1 heterocycles. The molecule has 0 fully saturated rings. The number of amides is 3. The minimum absolute atomic E-state index is 0.0947. The van der Waals surface area contributed by atoms with Gasteiger partial charge in [-0.2, -0.15) is 0 Å². The van der Waals surface area contributed by atoms with Gasteiger partial charge in [-0.05, 0) is 18.2 Å². The highest BCUT2D eigenvalue weighted by molar-refractivity contribution is 6.43. The summed E-state index contributed by atoms with van der Waals surface area (Å²) in [6.07, 6.45) is 0. The number of nitrogens with one attached hydrogen (secondary N) is 1. The van der Waals surface area contributed by atoms with Gasteiger partial charge in [-0.25, -0.2) is 0 Å². The molecule has 1 aliphatic rings. The Morgan fingerprint density at radius 1 is 0.893 bits per heavy atom. The topological polar surface area (TPSA) is 84.9 Å². The SMILES string of the molecule is COc1cc(OC)c(NC(=O)CN2C(=O)c3cc(Cl)c(Cl)cc3C2=O)cc1Cl. The van der Waals surface area contributed by atoms with Gasteiger partial charge in [0, 0.05) is 6.07 Å².